The van der Waals surface area contributed by atoms with E-state index < -0.39 is 24.0 Å². The fraction of sp³-hybridized carbons (Fsp3) is 0.160. The molecule has 0 amide bonds. The van der Waals surface area contributed by atoms with Crippen LogP contribution in [-0.2, 0) is 57.2 Å². The van der Waals surface area contributed by atoms with Crippen LogP contribution >= 0.6 is 0 Å². The fourth-order valence-corrected chi connectivity index (χ4v) is 3.26. The molecule has 197 valence electrons. The predicted molar refractivity (Wildman–Crippen MR) is 132 cm³/mol. The number of carboxylic acid groups (broad SMARTS) is 2. The maximum absolute atomic E-state index is 10.7. The molecule has 4 rings (SSSR count). The zero-order chi connectivity index (χ0) is 27.7. The monoisotopic (exact) mass is 680 g/mol. The number of H-pyrrole nitrogens is 2. The number of quaternary nitrogens is 1. The molecule has 0 bridgehead atoms. The van der Waals surface area contributed by atoms with Gasteiger partial charge in [0.15, 0.2) is 6.04 Å². The summed E-state index contributed by atoms with van der Waals surface area (Å²) in [4.78, 5) is 50.2. The molecule has 0 saturated carbocycles. The third-order valence-electron chi connectivity index (χ3n) is 4.89. The van der Waals surface area contributed by atoms with E-state index in [9.17, 15) is 9.59 Å². The Morgan fingerprint density at radius 2 is 1.19 bits per heavy atom. The summed E-state index contributed by atoms with van der Waals surface area (Å²) in [5, 5.41) is 19.5. The molecule has 0 spiro atoms. The molecule has 0 aliphatic rings. The molecule has 0 aliphatic carbocycles. The second-order valence-electron chi connectivity index (χ2n) is 7.05. The van der Waals surface area contributed by atoms with Crippen LogP contribution in [0.5, 0.6) is 0 Å². The van der Waals surface area contributed by atoms with Gasteiger partial charge in [-0.15, -0.1) is 0 Å². The molecular formula is C25H25N4O7Re-3. The predicted octanol–water partition coefficient (Wildman–Crippen LogP) is 1.55. The van der Waals surface area contributed by atoms with Crippen molar-refractivity contribution < 1.29 is 60.3 Å². The molecule has 8 N–H and O–H groups in total. The van der Waals surface area contributed by atoms with E-state index in [0.29, 0.717) is 6.42 Å². The van der Waals surface area contributed by atoms with Crippen LogP contribution in [0.3, 0.4) is 0 Å². The first-order valence-electron chi connectivity index (χ1n) is 10.1. The van der Waals surface area contributed by atoms with E-state index in [2.05, 4.69) is 36.1 Å². The second kappa shape index (κ2) is 19.3. The van der Waals surface area contributed by atoms with Crippen molar-refractivity contribution in [3.8, 4) is 0 Å². The Morgan fingerprint density at radius 3 is 1.57 bits per heavy atom. The molecular weight excluding hydrogens is 655 g/mol. The van der Waals surface area contributed by atoms with Crippen molar-refractivity contribution in [1.29, 1.82) is 0 Å². The van der Waals surface area contributed by atoms with Crippen molar-refractivity contribution in [3.63, 3.8) is 0 Å². The number of carbonyl (C=O) groups excluding carboxylic acids is 3. The Balaban J connectivity index is 0. The van der Waals surface area contributed by atoms with Crippen molar-refractivity contribution in [2.45, 2.75) is 24.9 Å². The van der Waals surface area contributed by atoms with Gasteiger partial charge in [-0.05, 0) is 35.7 Å². The molecule has 2 aromatic carbocycles. The third kappa shape index (κ3) is 10.7. The van der Waals surface area contributed by atoms with Crippen molar-refractivity contribution in [2.75, 3.05) is 0 Å². The number of hydrogen-bond donors (Lipinski definition) is 5. The Labute approximate surface area is 226 Å². The summed E-state index contributed by atoms with van der Waals surface area (Å²) < 4.78 is 0. The van der Waals surface area contributed by atoms with E-state index in [1.54, 1.807) is 6.20 Å². The number of para-hydroxylation sites is 2. The van der Waals surface area contributed by atoms with Crippen molar-refractivity contribution in [3.05, 3.63) is 77.8 Å². The summed E-state index contributed by atoms with van der Waals surface area (Å²) in [6, 6.07) is 13.8. The quantitative estimate of drug-likeness (QED) is 0.150. The van der Waals surface area contributed by atoms with E-state index in [-0.39, 0.29) is 26.8 Å². The molecule has 12 heteroatoms. The minimum absolute atomic E-state index is 0. The molecule has 2 aromatic heterocycles. The molecule has 2 atom stereocenters. The third-order valence-corrected chi connectivity index (χ3v) is 4.89. The zero-order valence-corrected chi connectivity index (χ0v) is 22.2. The van der Waals surface area contributed by atoms with E-state index in [1.165, 1.54) is 0 Å². The number of nitrogens with one attached hydrogen (secondary N) is 3. The molecule has 0 fully saturated rings. The molecule has 0 unspecified atom stereocenters. The van der Waals surface area contributed by atoms with Crippen LogP contribution in [-0.4, -0.2) is 64.6 Å². The Bertz CT molecular complexity index is 1130. The molecule has 37 heavy (non-hydrogen) atoms. The maximum Gasteiger partial charge on any atom is 0.362 e. The number of rotatable bonds is 6. The van der Waals surface area contributed by atoms with Gasteiger partial charge in [-0.2, -0.15) is 0 Å². The SMILES string of the molecule is [C-]=O.[C-]=O.[CH-]=O.[NH-][C@@H](Cc1c[nH]c2ccccc12)C(=O)O.[NH3+][C@@H](Cc1c[nH]c2ccccc12)C(=O)O.[Re]. The van der Waals surface area contributed by atoms with Gasteiger partial charge in [-0.1, -0.05) is 36.4 Å². The Kier molecular flexibility index (Phi) is 18.3. The summed E-state index contributed by atoms with van der Waals surface area (Å²) in [6.07, 6.45) is 4.32. The van der Waals surface area contributed by atoms with Crippen LogP contribution in [0.15, 0.2) is 60.9 Å². The number of hydrogen-bond acceptors (Lipinski definition) is 5. The van der Waals surface area contributed by atoms with Gasteiger partial charge in [0.2, 0.25) is 0 Å². The van der Waals surface area contributed by atoms with Crippen LogP contribution in [0, 0.1) is 0 Å². The first-order valence-corrected chi connectivity index (χ1v) is 10.1. The van der Waals surface area contributed by atoms with Gasteiger partial charge >= 0.3 is 5.97 Å². The normalized spacial score (nSPS) is 10.8. The number of aromatic nitrogens is 2. The van der Waals surface area contributed by atoms with Gasteiger partial charge in [-0.25, -0.2) is 4.79 Å². The second-order valence-corrected chi connectivity index (χ2v) is 7.05. The Morgan fingerprint density at radius 1 is 0.811 bits per heavy atom. The van der Waals surface area contributed by atoms with Gasteiger partial charge in [0.25, 0.3) is 5.97 Å². The standard InChI is InChI=1S/C11H12N2O2.C11H11N2O2.CHO.2CO.Re/c2*12-9(11(14)15)5-7-6-13-10-4-2-1-3-8(7)10;3*1-2;/h1-4,6,9,13H,5,12H2,(H,14,15);1-4,6,9,12-13H,5H2,(H,14,15);1H;;;/q;4*-1;/p+1/t2*9-;;;;/m00..../s1. The largest absolute Gasteiger partial charge is 0.665 e. The molecule has 3 radical (unpaired) electrons. The van der Waals surface area contributed by atoms with Crippen molar-refractivity contribution in [2.24, 2.45) is 0 Å². The van der Waals surface area contributed by atoms with Crippen LogP contribution in [0.4, 0.5) is 0 Å². The Hall–Kier alpha value is -3.95. The summed E-state index contributed by atoms with van der Waals surface area (Å²) in [5.74, 6) is -1.94. The van der Waals surface area contributed by atoms with Crippen LogP contribution in [0.2, 0.25) is 0 Å². The van der Waals surface area contributed by atoms with Crippen LogP contribution < -0.4 is 5.73 Å². The average Bonchev–Trinajstić information content (AvgIpc) is 3.52. The van der Waals surface area contributed by atoms with Gasteiger partial charge in [0, 0.05) is 61.0 Å². The average molecular weight is 680 g/mol. The van der Waals surface area contributed by atoms with Crippen LogP contribution in [0.25, 0.3) is 27.5 Å². The number of aromatic amines is 2. The van der Waals surface area contributed by atoms with Gasteiger partial charge < -0.3 is 59.6 Å². The van der Waals surface area contributed by atoms with Gasteiger partial charge in [-0.3, -0.25) is 11.6 Å². The van der Waals surface area contributed by atoms with Crippen molar-refractivity contribution >= 4 is 54.1 Å². The molecule has 0 saturated heterocycles. The number of benzene rings is 2. The number of fused-ring (bicyclic) bond motifs is 2. The number of carbonyl (C=O) groups is 2. The molecule has 0 aliphatic heterocycles. The summed E-state index contributed by atoms with van der Waals surface area (Å²) in [7, 11) is 0. The first-order chi connectivity index (χ1) is 17.4. The number of aliphatic carboxylic acids is 2. The summed E-state index contributed by atoms with van der Waals surface area (Å²) >= 11 is 0. The minimum atomic E-state index is -1.09. The minimum Gasteiger partial charge on any atom is -0.665 e. The zero-order valence-electron chi connectivity index (χ0n) is 19.4. The maximum atomic E-state index is 10.7. The molecule has 4 aromatic rings. The summed E-state index contributed by atoms with van der Waals surface area (Å²) in [5.41, 5.74) is 14.9. The van der Waals surface area contributed by atoms with Gasteiger partial charge in [0.05, 0.1) is 0 Å². The molecule has 11 nitrogen and oxygen atoms in total. The van der Waals surface area contributed by atoms with Crippen LogP contribution in [0.1, 0.15) is 11.1 Å². The van der Waals surface area contributed by atoms with Gasteiger partial charge in [0.1, 0.15) is 0 Å². The van der Waals surface area contributed by atoms with E-state index in [4.69, 9.17) is 30.3 Å². The smallest absolute Gasteiger partial charge is 0.362 e. The fourth-order valence-electron chi connectivity index (χ4n) is 3.26. The van der Waals surface area contributed by atoms with E-state index in [0.717, 1.165) is 32.9 Å². The first kappa shape index (κ1) is 35.2. The topological polar surface area (TPSA) is 209 Å². The van der Waals surface area contributed by atoms with E-state index >= 15 is 0 Å². The molecule has 2 heterocycles. The van der Waals surface area contributed by atoms with Crippen molar-refractivity contribution in [1.82, 2.24) is 9.97 Å². The number of carboxylic acids is 2. The summed E-state index contributed by atoms with van der Waals surface area (Å²) in [6.45, 7) is 12.2. The van der Waals surface area contributed by atoms with E-state index in [1.807, 2.05) is 54.7 Å².